The first-order valence-corrected chi connectivity index (χ1v) is 11.1. The van der Waals surface area contributed by atoms with Crippen LogP contribution in [0.4, 0.5) is 5.69 Å². The van der Waals surface area contributed by atoms with Crippen molar-refractivity contribution < 1.29 is 8.42 Å². The third kappa shape index (κ3) is 3.79. The molecule has 1 aromatic carbocycles. The summed E-state index contributed by atoms with van der Waals surface area (Å²) in [5.41, 5.74) is 2.83. The van der Waals surface area contributed by atoms with Gasteiger partial charge in [-0.1, -0.05) is 11.6 Å². The topological polar surface area (TPSA) is 123 Å². The van der Waals surface area contributed by atoms with E-state index in [0.29, 0.717) is 28.3 Å². The van der Waals surface area contributed by atoms with E-state index < -0.39 is 10.0 Å². The monoisotopic (exact) mass is 444 g/mol. The van der Waals surface area contributed by atoms with E-state index in [9.17, 15) is 13.2 Å². The van der Waals surface area contributed by atoms with Crippen LogP contribution in [-0.4, -0.2) is 39.4 Å². The first-order chi connectivity index (χ1) is 14.1. The van der Waals surface area contributed by atoms with Gasteiger partial charge in [0.1, 0.15) is 5.69 Å². The van der Waals surface area contributed by atoms with Crippen LogP contribution in [0.1, 0.15) is 11.3 Å². The van der Waals surface area contributed by atoms with Crippen molar-refractivity contribution in [3.63, 3.8) is 0 Å². The third-order valence-electron chi connectivity index (χ3n) is 4.35. The molecule has 0 aliphatic rings. The molecule has 0 saturated carbocycles. The molecular formula is C19H17ClN6O3S. The fraction of sp³-hybridized carbons (Fsp3) is 0.158. The number of fused-ring (bicyclic) bond motifs is 1. The number of H-pyrrole nitrogens is 1. The van der Waals surface area contributed by atoms with Gasteiger partial charge >= 0.3 is 0 Å². The van der Waals surface area contributed by atoms with Crippen molar-refractivity contribution in [1.29, 1.82) is 0 Å². The highest BCUT2D eigenvalue weighted by Crippen LogP contribution is 2.34. The summed E-state index contributed by atoms with van der Waals surface area (Å²) >= 11 is 6.38. The first-order valence-electron chi connectivity index (χ1n) is 8.83. The molecule has 0 spiro atoms. The van der Waals surface area contributed by atoms with Crippen molar-refractivity contribution in [2.75, 3.05) is 11.0 Å². The number of rotatable bonds is 4. The molecule has 0 fully saturated rings. The van der Waals surface area contributed by atoms with Crippen molar-refractivity contribution >= 4 is 38.5 Å². The smallest absolute Gasteiger partial charge is 0.229 e. The Morgan fingerprint density at radius 2 is 1.93 bits per heavy atom. The second-order valence-corrected chi connectivity index (χ2v) is 9.02. The van der Waals surface area contributed by atoms with Crippen LogP contribution in [0.2, 0.25) is 5.02 Å². The van der Waals surface area contributed by atoms with Crippen LogP contribution in [0.3, 0.4) is 0 Å². The zero-order valence-electron chi connectivity index (χ0n) is 16.3. The average Bonchev–Trinajstić information content (AvgIpc) is 3.09. The summed E-state index contributed by atoms with van der Waals surface area (Å²) in [7, 11) is -3.50. The van der Waals surface area contributed by atoms with Crippen molar-refractivity contribution in [1.82, 2.24) is 24.7 Å². The fourth-order valence-electron chi connectivity index (χ4n) is 3.06. The molecule has 11 heteroatoms. The molecule has 2 N–H and O–H groups in total. The second kappa shape index (κ2) is 7.22. The van der Waals surface area contributed by atoms with E-state index in [4.69, 9.17) is 11.6 Å². The van der Waals surface area contributed by atoms with Gasteiger partial charge in [-0.3, -0.25) is 9.52 Å². The van der Waals surface area contributed by atoms with Crippen LogP contribution in [0, 0.1) is 13.8 Å². The molecule has 0 aliphatic heterocycles. The number of sulfonamides is 1. The van der Waals surface area contributed by atoms with Crippen molar-refractivity contribution in [2.45, 2.75) is 13.8 Å². The number of aromatic nitrogens is 5. The van der Waals surface area contributed by atoms with Crippen molar-refractivity contribution in [3.8, 4) is 17.1 Å². The summed E-state index contributed by atoms with van der Waals surface area (Å²) < 4.78 is 27.3. The van der Waals surface area contributed by atoms with Crippen LogP contribution in [0.25, 0.3) is 28.2 Å². The van der Waals surface area contributed by atoms with E-state index in [1.165, 1.54) is 12.3 Å². The Balaban J connectivity index is 2.00. The van der Waals surface area contributed by atoms with E-state index in [2.05, 4.69) is 24.8 Å². The predicted molar refractivity (Wildman–Crippen MR) is 116 cm³/mol. The minimum absolute atomic E-state index is 0.173. The Kier molecular flexibility index (Phi) is 4.83. The number of benzene rings is 1. The molecule has 4 aromatic rings. The van der Waals surface area contributed by atoms with Gasteiger partial charge in [-0.15, -0.1) is 0 Å². The largest absolute Gasteiger partial charge is 0.345 e. The highest BCUT2D eigenvalue weighted by atomic mass is 35.5. The molecule has 3 heterocycles. The first kappa shape index (κ1) is 20.0. The quantitative estimate of drug-likeness (QED) is 0.499. The fourth-order valence-corrected chi connectivity index (χ4v) is 4.07. The molecule has 154 valence electrons. The van der Waals surface area contributed by atoms with Crippen LogP contribution in [-0.2, 0) is 10.0 Å². The molecule has 0 unspecified atom stereocenters. The van der Waals surface area contributed by atoms with Gasteiger partial charge in [0.2, 0.25) is 15.5 Å². The molecule has 9 nitrogen and oxygen atoms in total. The number of nitrogens with zero attached hydrogens (tertiary/aromatic N) is 4. The van der Waals surface area contributed by atoms with E-state index in [1.54, 1.807) is 29.9 Å². The molecule has 0 bridgehead atoms. The lowest BCUT2D eigenvalue weighted by atomic mass is 10.1. The Labute approximate surface area is 176 Å². The van der Waals surface area contributed by atoms with Gasteiger partial charge in [-0.25, -0.2) is 23.1 Å². The molecule has 0 radical (unpaired) electrons. The zero-order valence-corrected chi connectivity index (χ0v) is 17.8. The van der Waals surface area contributed by atoms with Gasteiger partial charge in [0.05, 0.1) is 22.7 Å². The summed E-state index contributed by atoms with van der Waals surface area (Å²) in [6.07, 6.45) is 4.30. The van der Waals surface area contributed by atoms with Crippen LogP contribution in [0.15, 0.2) is 41.5 Å². The second-order valence-electron chi connectivity index (χ2n) is 6.86. The number of pyridine rings is 1. The summed E-state index contributed by atoms with van der Waals surface area (Å²) in [6, 6.07) is 6.50. The Bertz CT molecular complexity index is 1440. The van der Waals surface area contributed by atoms with E-state index in [-0.39, 0.29) is 21.7 Å². The van der Waals surface area contributed by atoms with Crippen LogP contribution < -0.4 is 10.2 Å². The normalized spacial score (nSPS) is 11.7. The molecule has 0 atom stereocenters. The summed E-state index contributed by atoms with van der Waals surface area (Å²) in [5, 5.41) is 4.60. The molecule has 0 amide bonds. The van der Waals surface area contributed by atoms with Crippen LogP contribution >= 0.6 is 11.6 Å². The van der Waals surface area contributed by atoms with Gasteiger partial charge in [0.15, 0.2) is 17.0 Å². The standard InChI is InChI=1S/C19H17ClN6O3S/c1-10-8-12(9-13(20)15(10)25-30(3,28)29)16-19(26-7-5-11(2)24-26)23-18-17(22-16)14(27)4-6-21-18/h4-9,25H,1-3H3,(H,21,23,27). The molecule has 0 aliphatic carbocycles. The number of aromatic amines is 1. The number of aryl methyl sites for hydroxylation is 2. The minimum Gasteiger partial charge on any atom is -0.345 e. The number of hydrogen-bond acceptors (Lipinski definition) is 6. The average molecular weight is 445 g/mol. The van der Waals surface area contributed by atoms with Crippen molar-refractivity contribution in [3.05, 3.63) is 63.2 Å². The predicted octanol–water partition coefficient (Wildman–Crippen LogP) is 2.81. The van der Waals surface area contributed by atoms with E-state index >= 15 is 0 Å². The lowest BCUT2D eigenvalue weighted by Crippen LogP contribution is -2.12. The van der Waals surface area contributed by atoms with Gasteiger partial charge in [0.25, 0.3) is 0 Å². The highest BCUT2D eigenvalue weighted by Gasteiger charge is 2.18. The molecule has 0 saturated heterocycles. The van der Waals surface area contributed by atoms with E-state index in [0.717, 1.165) is 11.9 Å². The number of nitrogens with one attached hydrogen (secondary N) is 2. The number of hydrogen-bond donors (Lipinski definition) is 2. The summed E-state index contributed by atoms with van der Waals surface area (Å²) in [4.78, 5) is 24.4. The maximum atomic E-state index is 12.3. The maximum absolute atomic E-state index is 12.3. The summed E-state index contributed by atoms with van der Waals surface area (Å²) in [5.74, 6) is 0.400. The lowest BCUT2D eigenvalue weighted by Gasteiger charge is -2.14. The zero-order chi connectivity index (χ0) is 21.6. The van der Waals surface area contributed by atoms with Gasteiger partial charge in [0, 0.05) is 24.0 Å². The Hall–Kier alpha value is -3.24. The third-order valence-corrected chi connectivity index (χ3v) is 5.23. The molecule has 30 heavy (non-hydrogen) atoms. The van der Waals surface area contributed by atoms with Gasteiger partial charge < -0.3 is 4.98 Å². The van der Waals surface area contributed by atoms with Gasteiger partial charge in [-0.05, 0) is 37.6 Å². The number of anilines is 1. The van der Waals surface area contributed by atoms with Crippen LogP contribution in [0.5, 0.6) is 0 Å². The van der Waals surface area contributed by atoms with Gasteiger partial charge in [-0.2, -0.15) is 5.10 Å². The maximum Gasteiger partial charge on any atom is 0.229 e. The lowest BCUT2D eigenvalue weighted by molar-refractivity contribution is 0.607. The summed E-state index contributed by atoms with van der Waals surface area (Å²) in [6.45, 7) is 3.57. The molecule has 3 aromatic heterocycles. The SMILES string of the molecule is Cc1ccn(-c2nc3[nH]ccc(=O)c3nc2-c2cc(C)c(NS(C)(=O)=O)c(Cl)c2)n1. The Morgan fingerprint density at radius 3 is 2.57 bits per heavy atom. The number of halogens is 1. The molecular weight excluding hydrogens is 428 g/mol. The molecule has 4 rings (SSSR count). The van der Waals surface area contributed by atoms with Crippen molar-refractivity contribution in [2.24, 2.45) is 0 Å². The highest BCUT2D eigenvalue weighted by molar-refractivity contribution is 7.92. The minimum atomic E-state index is -3.50. The van der Waals surface area contributed by atoms with E-state index in [1.807, 2.05) is 13.0 Å². The Morgan fingerprint density at radius 1 is 1.17 bits per heavy atom.